The summed E-state index contributed by atoms with van der Waals surface area (Å²) in [7, 11) is 1.60. The number of aromatic nitrogens is 1. The molecule has 0 radical (unpaired) electrons. The standard InChI is InChI=1S/C20H21ClN2O3/c1-20(2,10-24)15-5-4-11(6-18(15)26-3)12-7-13-14(19(22)25)9-23-17(13)8-16(12)21/h4-9,23-24H,10H2,1-3H3,(H2,22,25). The number of rotatable bonds is 5. The number of primary amides is 1. The van der Waals surface area contributed by atoms with Gasteiger partial charge in [0.1, 0.15) is 5.75 Å². The van der Waals surface area contributed by atoms with E-state index < -0.39 is 11.3 Å². The first kappa shape index (κ1) is 18.3. The second-order valence-electron chi connectivity index (χ2n) is 6.90. The van der Waals surface area contributed by atoms with Gasteiger partial charge in [0.25, 0.3) is 5.91 Å². The second-order valence-corrected chi connectivity index (χ2v) is 7.31. The van der Waals surface area contributed by atoms with E-state index in [0.29, 0.717) is 16.3 Å². The smallest absolute Gasteiger partial charge is 0.250 e. The maximum atomic E-state index is 11.6. The molecule has 136 valence electrons. The molecule has 6 heteroatoms. The SMILES string of the molecule is COc1cc(-c2cc3c(C(N)=O)c[nH]c3cc2Cl)ccc1C(C)(C)CO. The number of fused-ring (bicyclic) bond motifs is 1. The van der Waals surface area contributed by atoms with Crippen molar-refractivity contribution in [3.05, 3.63) is 52.7 Å². The second kappa shape index (κ2) is 6.67. The van der Waals surface area contributed by atoms with E-state index in [2.05, 4.69) is 4.98 Å². The normalized spacial score (nSPS) is 11.7. The molecule has 0 aliphatic carbocycles. The van der Waals surface area contributed by atoms with Crippen molar-refractivity contribution >= 4 is 28.4 Å². The number of aliphatic hydroxyl groups is 1. The number of hydrogen-bond acceptors (Lipinski definition) is 3. The topological polar surface area (TPSA) is 88.3 Å². The van der Waals surface area contributed by atoms with E-state index in [9.17, 15) is 9.90 Å². The van der Waals surface area contributed by atoms with Crippen LogP contribution in [0.5, 0.6) is 5.75 Å². The lowest BCUT2D eigenvalue weighted by Crippen LogP contribution is -2.22. The Hall–Kier alpha value is -2.50. The van der Waals surface area contributed by atoms with Crippen LogP contribution in [-0.2, 0) is 5.41 Å². The van der Waals surface area contributed by atoms with Gasteiger partial charge in [0.15, 0.2) is 0 Å². The summed E-state index contributed by atoms with van der Waals surface area (Å²) >= 11 is 6.46. The van der Waals surface area contributed by atoms with E-state index >= 15 is 0 Å². The summed E-state index contributed by atoms with van der Waals surface area (Å²) in [5.74, 6) is 0.170. The molecule has 4 N–H and O–H groups in total. The Morgan fingerprint density at radius 1 is 1.31 bits per heavy atom. The third-order valence-electron chi connectivity index (χ3n) is 4.67. The highest BCUT2D eigenvalue weighted by Gasteiger charge is 2.24. The molecule has 0 aliphatic heterocycles. The Bertz CT molecular complexity index is 992. The van der Waals surface area contributed by atoms with Gasteiger partial charge in [-0.15, -0.1) is 0 Å². The number of ether oxygens (including phenoxy) is 1. The van der Waals surface area contributed by atoms with E-state index in [1.54, 1.807) is 19.4 Å². The zero-order valence-corrected chi connectivity index (χ0v) is 15.6. The number of methoxy groups -OCH3 is 1. The van der Waals surface area contributed by atoms with Gasteiger partial charge in [0, 0.05) is 33.6 Å². The van der Waals surface area contributed by atoms with Crippen LogP contribution in [0.4, 0.5) is 0 Å². The zero-order chi connectivity index (χ0) is 19.1. The molecule has 0 spiro atoms. The van der Waals surface area contributed by atoms with Crippen molar-refractivity contribution < 1.29 is 14.6 Å². The minimum Gasteiger partial charge on any atom is -0.496 e. The minimum absolute atomic E-state index is 0.000738. The molecule has 0 unspecified atom stereocenters. The maximum absolute atomic E-state index is 11.6. The van der Waals surface area contributed by atoms with Crippen LogP contribution >= 0.6 is 11.6 Å². The number of H-pyrrole nitrogens is 1. The third kappa shape index (κ3) is 3.04. The molecule has 2 aromatic carbocycles. The van der Waals surface area contributed by atoms with Gasteiger partial charge in [-0.05, 0) is 23.8 Å². The number of aliphatic hydroxyl groups excluding tert-OH is 1. The summed E-state index contributed by atoms with van der Waals surface area (Å²) in [5, 5.41) is 10.9. The number of carbonyl (C=O) groups excluding carboxylic acids is 1. The van der Waals surface area contributed by atoms with Crippen molar-refractivity contribution in [3.8, 4) is 16.9 Å². The van der Waals surface area contributed by atoms with Crippen LogP contribution < -0.4 is 10.5 Å². The van der Waals surface area contributed by atoms with Gasteiger partial charge >= 0.3 is 0 Å². The first-order valence-electron chi connectivity index (χ1n) is 8.18. The van der Waals surface area contributed by atoms with E-state index in [4.69, 9.17) is 22.1 Å². The van der Waals surface area contributed by atoms with Gasteiger partial charge in [0.2, 0.25) is 0 Å². The Balaban J connectivity index is 2.18. The molecule has 1 amide bonds. The molecule has 0 fully saturated rings. The summed E-state index contributed by atoms with van der Waals surface area (Å²) in [4.78, 5) is 14.6. The molecular formula is C20H21ClN2O3. The molecule has 5 nitrogen and oxygen atoms in total. The number of amides is 1. The highest BCUT2D eigenvalue weighted by atomic mass is 35.5. The highest BCUT2D eigenvalue weighted by molar-refractivity contribution is 6.34. The fourth-order valence-electron chi connectivity index (χ4n) is 3.07. The average Bonchev–Trinajstić information content (AvgIpc) is 3.03. The van der Waals surface area contributed by atoms with E-state index in [1.165, 1.54) is 0 Å². The van der Waals surface area contributed by atoms with Gasteiger partial charge in [-0.25, -0.2) is 0 Å². The van der Waals surface area contributed by atoms with E-state index in [1.807, 2.05) is 38.1 Å². The maximum Gasteiger partial charge on any atom is 0.250 e. The van der Waals surface area contributed by atoms with Crippen molar-refractivity contribution in [1.29, 1.82) is 0 Å². The summed E-state index contributed by atoms with van der Waals surface area (Å²) in [6.45, 7) is 3.89. The van der Waals surface area contributed by atoms with Gasteiger partial charge in [-0.2, -0.15) is 0 Å². The Morgan fingerprint density at radius 2 is 2.04 bits per heavy atom. The van der Waals surface area contributed by atoms with Gasteiger partial charge in [-0.3, -0.25) is 4.79 Å². The lowest BCUT2D eigenvalue weighted by Gasteiger charge is -2.25. The molecule has 0 aliphatic rings. The van der Waals surface area contributed by atoms with Crippen LogP contribution in [0.15, 0.2) is 36.5 Å². The van der Waals surface area contributed by atoms with E-state index in [0.717, 1.165) is 27.6 Å². The molecule has 26 heavy (non-hydrogen) atoms. The molecule has 3 rings (SSSR count). The van der Waals surface area contributed by atoms with Crippen LogP contribution in [0.1, 0.15) is 29.8 Å². The number of benzene rings is 2. The largest absolute Gasteiger partial charge is 0.496 e. The molecule has 0 atom stereocenters. The van der Waals surface area contributed by atoms with Crippen molar-refractivity contribution in [3.63, 3.8) is 0 Å². The van der Waals surface area contributed by atoms with E-state index in [-0.39, 0.29) is 6.61 Å². The number of halogens is 1. The first-order chi connectivity index (χ1) is 12.3. The number of nitrogens with one attached hydrogen (secondary N) is 1. The molecule has 1 heterocycles. The average molecular weight is 373 g/mol. The zero-order valence-electron chi connectivity index (χ0n) is 14.9. The Labute approximate surface area is 156 Å². The number of hydrogen-bond donors (Lipinski definition) is 3. The molecule has 3 aromatic rings. The van der Waals surface area contributed by atoms with Crippen LogP contribution in [-0.4, -0.2) is 29.7 Å². The summed E-state index contributed by atoms with van der Waals surface area (Å²) in [5.41, 5.74) is 8.70. The van der Waals surface area contributed by atoms with Crippen LogP contribution in [0.2, 0.25) is 5.02 Å². The van der Waals surface area contributed by atoms with Crippen molar-refractivity contribution in [2.45, 2.75) is 19.3 Å². The minimum atomic E-state index is -0.498. The van der Waals surface area contributed by atoms with Gasteiger partial charge in [0.05, 0.1) is 24.3 Å². The lowest BCUT2D eigenvalue weighted by molar-refractivity contribution is 0.100. The Morgan fingerprint density at radius 3 is 2.65 bits per heavy atom. The predicted molar refractivity (Wildman–Crippen MR) is 104 cm³/mol. The summed E-state index contributed by atoms with van der Waals surface area (Å²) in [6.07, 6.45) is 1.58. The molecule has 0 saturated carbocycles. The summed E-state index contributed by atoms with van der Waals surface area (Å²) < 4.78 is 5.54. The monoisotopic (exact) mass is 372 g/mol. The highest BCUT2D eigenvalue weighted by Crippen LogP contribution is 2.38. The van der Waals surface area contributed by atoms with Crippen molar-refractivity contribution in [2.24, 2.45) is 5.73 Å². The quantitative estimate of drug-likeness (QED) is 0.635. The van der Waals surface area contributed by atoms with Gasteiger partial charge in [-0.1, -0.05) is 37.6 Å². The number of aromatic amines is 1. The molecule has 1 aromatic heterocycles. The predicted octanol–water partition coefficient (Wildman–Crippen LogP) is 3.87. The molecular weight excluding hydrogens is 352 g/mol. The molecule has 0 saturated heterocycles. The number of carbonyl (C=O) groups is 1. The van der Waals surface area contributed by atoms with Crippen LogP contribution in [0, 0.1) is 0 Å². The van der Waals surface area contributed by atoms with Crippen molar-refractivity contribution in [2.75, 3.05) is 13.7 Å². The lowest BCUT2D eigenvalue weighted by atomic mass is 9.84. The van der Waals surface area contributed by atoms with Crippen molar-refractivity contribution in [1.82, 2.24) is 4.98 Å². The molecule has 0 bridgehead atoms. The Kier molecular flexibility index (Phi) is 4.69. The van der Waals surface area contributed by atoms with Crippen LogP contribution in [0.3, 0.4) is 0 Å². The van der Waals surface area contributed by atoms with Crippen LogP contribution in [0.25, 0.3) is 22.0 Å². The number of nitrogens with two attached hydrogens (primary N) is 1. The summed E-state index contributed by atoms with van der Waals surface area (Å²) in [6, 6.07) is 9.36. The first-order valence-corrected chi connectivity index (χ1v) is 8.56. The third-order valence-corrected chi connectivity index (χ3v) is 4.98. The fourth-order valence-corrected chi connectivity index (χ4v) is 3.34. The van der Waals surface area contributed by atoms with Gasteiger partial charge < -0.3 is 20.6 Å². The fraction of sp³-hybridized carbons (Fsp3) is 0.250.